The second kappa shape index (κ2) is 56.1. The Balaban J connectivity index is 4.00. The third-order valence-electron chi connectivity index (χ3n) is 12.5. The van der Waals surface area contributed by atoms with Gasteiger partial charge in [0.05, 0.1) is 27.7 Å². The fourth-order valence-electron chi connectivity index (χ4n) is 7.81. The number of carbonyl (C=O) groups is 2. The number of phosphoric acid groups is 1. The molecule has 0 bridgehead atoms. The molecule has 9 nitrogen and oxygen atoms in total. The number of hydrogen-bond donors (Lipinski definition) is 1. The lowest BCUT2D eigenvalue weighted by molar-refractivity contribution is -0.870. The third-order valence-corrected chi connectivity index (χ3v) is 13.5. The molecular formula is C66H113NO8P+. The number of phosphoric ester groups is 1. The van der Waals surface area contributed by atoms with Crippen LogP contribution in [0.5, 0.6) is 0 Å². The van der Waals surface area contributed by atoms with Crippen LogP contribution in [0, 0.1) is 0 Å². The molecule has 0 saturated heterocycles. The van der Waals surface area contributed by atoms with Crippen LogP contribution in [-0.4, -0.2) is 74.9 Å². The number of nitrogens with zero attached hydrogens (tertiary/aromatic N) is 1. The molecule has 0 amide bonds. The fraction of sp³-hybridized carbons (Fsp3) is 0.667. The first kappa shape index (κ1) is 72.4. The first-order chi connectivity index (χ1) is 37.0. The molecule has 434 valence electrons. The molecule has 0 spiro atoms. The van der Waals surface area contributed by atoms with E-state index in [9.17, 15) is 19.0 Å². The minimum absolute atomic E-state index is 0.0261. The van der Waals surface area contributed by atoms with E-state index in [1.165, 1.54) is 77.0 Å². The van der Waals surface area contributed by atoms with E-state index in [4.69, 9.17) is 18.5 Å². The van der Waals surface area contributed by atoms with Crippen molar-refractivity contribution in [3.63, 3.8) is 0 Å². The van der Waals surface area contributed by atoms with Gasteiger partial charge in [-0.05, 0) is 103 Å². The number of hydrogen-bond acceptors (Lipinski definition) is 7. The predicted octanol–water partition coefficient (Wildman–Crippen LogP) is 19.1. The van der Waals surface area contributed by atoms with Gasteiger partial charge in [-0.3, -0.25) is 18.6 Å². The second-order valence-corrected chi connectivity index (χ2v) is 22.5. The van der Waals surface area contributed by atoms with Gasteiger partial charge in [0.25, 0.3) is 0 Å². The van der Waals surface area contributed by atoms with Gasteiger partial charge in [-0.1, -0.05) is 238 Å². The highest BCUT2D eigenvalue weighted by Crippen LogP contribution is 2.43. The number of allylic oxidation sites excluding steroid dienone is 20. The Bertz CT molecular complexity index is 1700. The van der Waals surface area contributed by atoms with Crippen LogP contribution in [0.25, 0.3) is 0 Å². The van der Waals surface area contributed by atoms with Crippen LogP contribution in [0.1, 0.15) is 232 Å². The van der Waals surface area contributed by atoms with E-state index in [1.807, 2.05) is 21.1 Å². The topological polar surface area (TPSA) is 108 Å². The molecule has 0 saturated carbocycles. The van der Waals surface area contributed by atoms with Crippen molar-refractivity contribution in [3.8, 4) is 0 Å². The lowest BCUT2D eigenvalue weighted by atomic mass is 10.0. The van der Waals surface area contributed by atoms with Crippen LogP contribution in [0.3, 0.4) is 0 Å². The number of unbranched alkanes of at least 4 members (excludes halogenated alkanes) is 20. The highest BCUT2D eigenvalue weighted by atomic mass is 31.2. The smallest absolute Gasteiger partial charge is 0.462 e. The summed E-state index contributed by atoms with van der Waals surface area (Å²) in [5, 5.41) is 0. The molecule has 0 aromatic heterocycles. The Morgan fingerprint density at radius 2 is 0.750 bits per heavy atom. The van der Waals surface area contributed by atoms with Crippen molar-refractivity contribution < 1.29 is 42.1 Å². The van der Waals surface area contributed by atoms with Crippen molar-refractivity contribution in [2.45, 2.75) is 238 Å². The largest absolute Gasteiger partial charge is 0.472 e. The molecular weight excluding hydrogens is 966 g/mol. The zero-order chi connectivity index (χ0) is 55.6. The van der Waals surface area contributed by atoms with Crippen LogP contribution in [-0.2, 0) is 32.7 Å². The molecule has 0 rings (SSSR count). The van der Waals surface area contributed by atoms with E-state index in [0.717, 1.165) is 122 Å². The highest BCUT2D eigenvalue weighted by Gasteiger charge is 2.27. The monoisotopic (exact) mass is 1080 g/mol. The summed E-state index contributed by atoms with van der Waals surface area (Å²) in [5.41, 5.74) is 0. The molecule has 2 unspecified atom stereocenters. The van der Waals surface area contributed by atoms with Gasteiger partial charge in [-0.25, -0.2) is 4.57 Å². The van der Waals surface area contributed by atoms with Gasteiger partial charge in [0, 0.05) is 12.8 Å². The molecule has 0 heterocycles. The minimum Gasteiger partial charge on any atom is -0.462 e. The summed E-state index contributed by atoms with van der Waals surface area (Å²) in [7, 11) is 1.46. The summed E-state index contributed by atoms with van der Waals surface area (Å²) in [6.45, 7) is 4.25. The van der Waals surface area contributed by atoms with Crippen LogP contribution in [0.15, 0.2) is 122 Å². The van der Waals surface area contributed by atoms with Gasteiger partial charge in [-0.2, -0.15) is 0 Å². The number of likely N-dealkylation sites (N-methyl/N-ethyl adjacent to an activating group) is 1. The van der Waals surface area contributed by atoms with Crippen molar-refractivity contribution in [2.75, 3.05) is 47.5 Å². The zero-order valence-electron chi connectivity index (χ0n) is 49.2. The van der Waals surface area contributed by atoms with E-state index in [2.05, 4.69) is 135 Å². The summed E-state index contributed by atoms with van der Waals surface area (Å²) in [4.78, 5) is 35.5. The molecule has 0 aliphatic rings. The minimum atomic E-state index is -4.39. The van der Waals surface area contributed by atoms with Crippen LogP contribution in [0.2, 0.25) is 0 Å². The van der Waals surface area contributed by atoms with Gasteiger partial charge in [-0.15, -0.1) is 0 Å². The van der Waals surface area contributed by atoms with Crippen molar-refractivity contribution in [2.24, 2.45) is 0 Å². The fourth-order valence-corrected chi connectivity index (χ4v) is 8.55. The maximum Gasteiger partial charge on any atom is 0.472 e. The normalized spacial score (nSPS) is 14.1. The van der Waals surface area contributed by atoms with Crippen molar-refractivity contribution in [1.29, 1.82) is 0 Å². The van der Waals surface area contributed by atoms with E-state index in [-0.39, 0.29) is 32.0 Å². The summed E-state index contributed by atoms with van der Waals surface area (Å²) in [6.07, 6.45) is 80.1. The molecule has 0 aliphatic carbocycles. The quantitative estimate of drug-likeness (QED) is 0.0211. The standard InChI is InChI=1S/C66H112NO8P/c1-6-8-10-12-14-16-18-19-20-21-22-23-24-25-26-27-28-29-30-31-32-33-34-35-36-37-38-39-40-41-42-43-44-45-46-47-49-51-53-55-57-59-66(69)75-64(63-74-76(70,71)73-61-60-67(3,4)5)62-72-65(68)58-56-54-52-50-48-17-15-13-11-9-7-2/h8,10,13-16,19-20,22-23,25-26,28-29,31-32,34-35,37-38,64H,6-7,9,11-12,17-18,21,24,27,30,33,36,39-63H2,1-5H3/p+1/b10-8-,15-13-,16-14-,20-19-,23-22-,26-25-,29-28-,32-31-,35-34-,38-37-. The Kier molecular flexibility index (Phi) is 53.5. The second-order valence-electron chi connectivity index (χ2n) is 21.0. The third kappa shape index (κ3) is 59.7. The average molecular weight is 1080 g/mol. The van der Waals surface area contributed by atoms with E-state index < -0.39 is 26.5 Å². The van der Waals surface area contributed by atoms with E-state index in [1.54, 1.807) is 0 Å². The molecule has 76 heavy (non-hydrogen) atoms. The highest BCUT2D eigenvalue weighted by molar-refractivity contribution is 7.47. The summed E-state index contributed by atoms with van der Waals surface area (Å²) in [6, 6.07) is 0. The van der Waals surface area contributed by atoms with Crippen LogP contribution >= 0.6 is 7.82 Å². The predicted molar refractivity (Wildman–Crippen MR) is 325 cm³/mol. The maximum atomic E-state index is 12.8. The Morgan fingerprint density at radius 1 is 0.421 bits per heavy atom. The van der Waals surface area contributed by atoms with Crippen LogP contribution in [0.4, 0.5) is 0 Å². The molecule has 0 aromatic carbocycles. The van der Waals surface area contributed by atoms with Gasteiger partial charge >= 0.3 is 19.8 Å². The summed E-state index contributed by atoms with van der Waals surface area (Å²) >= 11 is 0. The Morgan fingerprint density at radius 3 is 1.13 bits per heavy atom. The molecule has 0 aromatic rings. The van der Waals surface area contributed by atoms with Crippen molar-refractivity contribution >= 4 is 19.8 Å². The van der Waals surface area contributed by atoms with E-state index >= 15 is 0 Å². The van der Waals surface area contributed by atoms with Crippen molar-refractivity contribution in [1.82, 2.24) is 0 Å². The number of ether oxygens (including phenoxy) is 2. The summed E-state index contributed by atoms with van der Waals surface area (Å²) < 4.78 is 34.4. The Hall–Kier alpha value is -3.59. The van der Waals surface area contributed by atoms with Gasteiger partial charge in [0.1, 0.15) is 19.8 Å². The Labute approximate surface area is 467 Å². The first-order valence-corrected chi connectivity index (χ1v) is 31.8. The maximum absolute atomic E-state index is 12.8. The molecule has 0 radical (unpaired) electrons. The molecule has 0 aliphatic heterocycles. The van der Waals surface area contributed by atoms with Gasteiger partial charge < -0.3 is 18.9 Å². The number of esters is 2. The van der Waals surface area contributed by atoms with Crippen LogP contribution < -0.4 is 0 Å². The van der Waals surface area contributed by atoms with Gasteiger partial charge in [0.2, 0.25) is 0 Å². The lowest BCUT2D eigenvalue weighted by Gasteiger charge is -2.24. The SMILES string of the molecule is CC/C=C\C/C=C\C/C=C\C/C=C\C/C=C\C/C=C\C/C=C\C/C=C\C/C=C\CCCCCCCCCCCCCCCC(=O)OC(COC(=O)CCCCCCC/C=C\CCCC)COP(=O)(O)OCC[N+](C)(C)C. The number of rotatable bonds is 54. The average Bonchev–Trinajstić information content (AvgIpc) is 3.38. The molecule has 0 fully saturated rings. The number of quaternary nitrogens is 1. The lowest BCUT2D eigenvalue weighted by Crippen LogP contribution is -2.37. The van der Waals surface area contributed by atoms with Crippen molar-refractivity contribution in [3.05, 3.63) is 122 Å². The molecule has 1 N–H and O–H groups in total. The zero-order valence-corrected chi connectivity index (χ0v) is 50.1. The summed E-state index contributed by atoms with van der Waals surface area (Å²) in [5.74, 6) is -0.815. The van der Waals surface area contributed by atoms with E-state index in [0.29, 0.717) is 17.4 Å². The first-order valence-electron chi connectivity index (χ1n) is 30.3. The number of carbonyl (C=O) groups excluding carboxylic acids is 2. The molecule has 10 heteroatoms. The molecule has 2 atom stereocenters. The van der Waals surface area contributed by atoms with Gasteiger partial charge in [0.15, 0.2) is 6.10 Å².